The molecule has 0 aromatic heterocycles. The van der Waals surface area contributed by atoms with Gasteiger partial charge in [-0.1, -0.05) is 50.5 Å². The van der Waals surface area contributed by atoms with Gasteiger partial charge in [0.25, 0.3) is 0 Å². The summed E-state index contributed by atoms with van der Waals surface area (Å²) in [6.07, 6.45) is 8.12. The lowest BCUT2D eigenvalue weighted by molar-refractivity contribution is 0.0535. The lowest BCUT2D eigenvalue weighted by Crippen LogP contribution is -2.11. The molecule has 0 radical (unpaired) electrons. The topological polar surface area (TPSA) is 9.23 Å². The fourth-order valence-corrected chi connectivity index (χ4v) is 3.02. The molecule has 1 nitrogen and oxygen atoms in total. The summed E-state index contributed by atoms with van der Waals surface area (Å²) in [4.78, 5) is 0. The Hall–Kier alpha value is -0.820. The van der Waals surface area contributed by atoms with Crippen LogP contribution in [0.25, 0.3) is 0 Å². The van der Waals surface area contributed by atoms with Crippen molar-refractivity contribution in [3.8, 4) is 0 Å². The van der Waals surface area contributed by atoms with Crippen LogP contribution in [0.15, 0.2) is 24.3 Å². The first kappa shape index (κ1) is 12.6. The molecular weight excluding hydrogens is 208 g/mol. The molecule has 2 rings (SSSR count). The zero-order valence-corrected chi connectivity index (χ0v) is 11.1. The Morgan fingerprint density at radius 1 is 1.18 bits per heavy atom. The predicted molar refractivity (Wildman–Crippen MR) is 72.1 cm³/mol. The molecule has 1 aliphatic carbocycles. The van der Waals surface area contributed by atoms with Gasteiger partial charge in [-0.2, -0.15) is 0 Å². The van der Waals surface area contributed by atoms with E-state index >= 15 is 0 Å². The average molecular weight is 232 g/mol. The van der Waals surface area contributed by atoms with Gasteiger partial charge in [0.1, 0.15) is 0 Å². The standard InChI is InChI=1S/C16H24O/c1-3-6-13-9-11-15(12-10-13)16(17-2)14-7-4-5-8-14/h9-12,14,16H,3-8H2,1-2H3. The highest BCUT2D eigenvalue weighted by Gasteiger charge is 2.25. The van der Waals surface area contributed by atoms with Crippen LogP contribution in [0.2, 0.25) is 0 Å². The van der Waals surface area contributed by atoms with Crippen molar-refractivity contribution in [3.63, 3.8) is 0 Å². The minimum absolute atomic E-state index is 0.313. The van der Waals surface area contributed by atoms with Gasteiger partial charge in [0.15, 0.2) is 0 Å². The van der Waals surface area contributed by atoms with E-state index in [4.69, 9.17) is 4.74 Å². The van der Waals surface area contributed by atoms with Crippen LogP contribution in [-0.2, 0) is 11.2 Å². The van der Waals surface area contributed by atoms with E-state index in [0.29, 0.717) is 6.10 Å². The Bertz CT molecular complexity index is 322. The molecule has 1 fully saturated rings. The van der Waals surface area contributed by atoms with Gasteiger partial charge in [0, 0.05) is 7.11 Å². The fourth-order valence-electron chi connectivity index (χ4n) is 3.02. The normalized spacial score (nSPS) is 18.5. The van der Waals surface area contributed by atoms with Crippen LogP contribution in [-0.4, -0.2) is 7.11 Å². The molecule has 0 aliphatic heterocycles. The van der Waals surface area contributed by atoms with Crippen molar-refractivity contribution in [2.75, 3.05) is 7.11 Å². The van der Waals surface area contributed by atoms with Crippen molar-refractivity contribution >= 4 is 0 Å². The summed E-state index contributed by atoms with van der Waals surface area (Å²) < 4.78 is 5.72. The third kappa shape index (κ3) is 3.10. The lowest BCUT2D eigenvalue weighted by atomic mass is 9.93. The van der Waals surface area contributed by atoms with E-state index in [2.05, 4.69) is 31.2 Å². The van der Waals surface area contributed by atoms with Gasteiger partial charge in [0.05, 0.1) is 6.10 Å². The van der Waals surface area contributed by atoms with Crippen LogP contribution in [0.5, 0.6) is 0 Å². The molecule has 0 N–H and O–H groups in total. The summed E-state index contributed by atoms with van der Waals surface area (Å²) in [7, 11) is 1.85. The number of ether oxygens (including phenoxy) is 1. The van der Waals surface area contributed by atoms with E-state index in [0.717, 1.165) is 5.92 Å². The highest BCUT2D eigenvalue weighted by Crippen LogP contribution is 2.37. The highest BCUT2D eigenvalue weighted by atomic mass is 16.5. The molecule has 1 heteroatoms. The largest absolute Gasteiger partial charge is 0.376 e. The minimum Gasteiger partial charge on any atom is -0.376 e. The molecule has 94 valence electrons. The Morgan fingerprint density at radius 3 is 2.35 bits per heavy atom. The highest BCUT2D eigenvalue weighted by molar-refractivity contribution is 5.25. The maximum absolute atomic E-state index is 5.72. The third-order valence-electron chi connectivity index (χ3n) is 3.93. The first-order chi connectivity index (χ1) is 8.35. The first-order valence-electron chi connectivity index (χ1n) is 6.96. The molecule has 0 bridgehead atoms. The smallest absolute Gasteiger partial charge is 0.0849 e. The maximum atomic E-state index is 5.72. The Balaban J connectivity index is 2.07. The van der Waals surface area contributed by atoms with Crippen LogP contribution in [0.4, 0.5) is 0 Å². The first-order valence-corrected chi connectivity index (χ1v) is 6.96. The monoisotopic (exact) mass is 232 g/mol. The number of benzene rings is 1. The number of aryl methyl sites for hydroxylation is 1. The third-order valence-corrected chi connectivity index (χ3v) is 3.93. The molecule has 1 aromatic rings. The zero-order valence-electron chi connectivity index (χ0n) is 11.1. The lowest BCUT2D eigenvalue weighted by Gasteiger charge is -2.22. The molecule has 1 aliphatic rings. The molecule has 0 amide bonds. The van der Waals surface area contributed by atoms with Gasteiger partial charge in [-0.15, -0.1) is 0 Å². The van der Waals surface area contributed by atoms with Crippen LogP contribution >= 0.6 is 0 Å². The Kier molecular flexibility index (Phi) is 4.61. The summed E-state index contributed by atoms with van der Waals surface area (Å²) in [5, 5.41) is 0. The van der Waals surface area contributed by atoms with Gasteiger partial charge in [-0.25, -0.2) is 0 Å². The molecule has 0 heterocycles. The van der Waals surface area contributed by atoms with Gasteiger partial charge in [0.2, 0.25) is 0 Å². The van der Waals surface area contributed by atoms with Crippen LogP contribution in [0.1, 0.15) is 56.3 Å². The zero-order chi connectivity index (χ0) is 12.1. The van der Waals surface area contributed by atoms with Gasteiger partial charge < -0.3 is 4.74 Å². The van der Waals surface area contributed by atoms with Crippen molar-refractivity contribution in [1.82, 2.24) is 0 Å². The molecular formula is C16H24O. The minimum atomic E-state index is 0.313. The summed E-state index contributed by atoms with van der Waals surface area (Å²) in [6, 6.07) is 9.05. The SMILES string of the molecule is CCCc1ccc(C(OC)C2CCCC2)cc1. The Labute approximate surface area is 105 Å². The van der Waals surface area contributed by atoms with E-state index < -0.39 is 0 Å². The van der Waals surface area contributed by atoms with E-state index in [1.165, 1.54) is 49.7 Å². The van der Waals surface area contributed by atoms with Crippen molar-refractivity contribution < 1.29 is 4.74 Å². The molecule has 0 spiro atoms. The van der Waals surface area contributed by atoms with Crippen LogP contribution in [0, 0.1) is 5.92 Å². The van der Waals surface area contributed by atoms with Crippen molar-refractivity contribution in [3.05, 3.63) is 35.4 Å². The van der Waals surface area contributed by atoms with E-state index in [9.17, 15) is 0 Å². The van der Waals surface area contributed by atoms with Gasteiger partial charge >= 0.3 is 0 Å². The predicted octanol–water partition coefficient (Wildman–Crippen LogP) is 4.52. The Morgan fingerprint density at radius 2 is 1.82 bits per heavy atom. The fraction of sp³-hybridized carbons (Fsp3) is 0.625. The van der Waals surface area contributed by atoms with Crippen LogP contribution < -0.4 is 0 Å². The second kappa shape index (κ2) is 6.20. The summed E-state index contributed by atoms with van der Waals surface area (Å²) in [6.45, 7) is 2.23. The molecule has 1 aromatic carbocycles. The molecule has 0 saturated heterocycles. The molecule has 17 heavy (non-hydrogen) atoms. The summed E-state index contributed by atoms with van der Waals surface area (Å²) in [5.74, 6) is 0.733. The van der Waals surface area contributed by atoms with Crippen LogP contribution in [0.3, 0.4) is 0 Å². The summed E-state index contributed by atoms with van der Waals surface area (Å²) in [5.41, 5.74) is 2.80. The number of rotatable bonds is 5. The number of hydrogen-bond acceptors (Lipinski definition) is 1. The van der Waals surface area contributed by atoms with E-state index in [-0.39, 0.29) is 0 Å². The van der Waals surface area contributed by atoms with E-state index in [1.807, 2.05) is 7.11 Å². The second-order valence-corrected chi connectivity index (χ2v) is 5.19. The number of methoxy groups -OCH3 is 1. The quantitative estimate of drug-likeness (QED) is 0.725. The molecule has 1 unspecified atom stereocenters. The van der Waals surface area contributed by atoms with Crippen molar-refractivity contribution in [2.45, 2.75) is 51.6 Å². The van der Waals surface area contributed by atoms with Gasteiger partial charge in [-0.3, -0.25) is 0 Å². The number of hydrogen-bond donors (Lipinski definition) is 0. The second-order valence-electron chi connectivity index (χ2n) is 5.19. The average Bonchev–Trinajstić information content (AvgIpc) is 2.86. The van der Waals surface area contributed by atoms with E-state index in [1.54, 1.807) is 0 Å². The summed E-state index contributed by atoms with van der Waals surface area (Å²) >= 11 is 0. The molecule has 1 saturated carbocycles. The molecule has 1 atom stereocenters. The van der Waals surface area contributed by atoms with Crippen molar-refractivity contribution in [2.24, 2.45) is 5.92 Å². The van der Waals surface area contributed by atoms with Gasteiger partial charge in [-0.05, 0) is 36.3 Å². The maximum Gasteiger partial charge on any atom is 0.0849 e. The van der Waals surface area contributed by atoms with Crippen molar-refractivity contribution in [1.29, 1.82) is 0 Å².